The predicted octanol–water partition coefficient (Wildman–Crippen LogP) is 4.67. The van der Waals surface area contributed by atoms with E-state index in [1.165, 1.54) is 25.3 Å². The van der Waals surface area contributed by atoms with E-state index in [1.54, 1.807) is 13.8 Å². The summed E-state index contributed by atoms with van der Waals surface area (Å²) in [7, 11) is -3.26. The molecular weight excluding hydrogens is 604 g/mol. The Morgan fingerprint density at radius 1 is 1.14 bits per heavy atom. The topological polar surface area (TPSA) is 145 Å². The molecule has 0 bridgehead atoms. The smallest absolute Gasteiger partial charge is 0.427 e. The lowest BCUT2D eigenvalue weighted by atomic mass is 9.83. The van der Waals surface area contributed by atoms with Gasteiger partial charge < -0.3 is 24.4 Å². The number of methoxy groups -OCH3 is 1. The molecule has 0 aromatic heterocycles. The highest BCUT2D eigenvalue weighted by Crippen LogP contribution is 2.42. The molecule has 4 rings (SSSR count). The van der Waals surface area contributed by atoms with E-state index in [9.17, 15) is 35.6 Å². The number of anilines is 2. The first-order valence-corrected chi connectivity index (χ1v) is 14.2. The summed E-state index contributed by atoms with van der Waals surface area (Å²) in [5.74, 6) is -1.04. The molecule has 2 aliphatic rings. The van der Waals surface area contributed by atoms with Gasteiger partial charge in [-0.3, -0.25) is 9.62 Å². The summed E-state index contributed by atoms with van der Waals surface area (Å²) in [6, 6.07) is 6.82. The van der Waals surface area contributed by atoms with Gasteiger partial charge in [-0.15, -0.1) is 5.48 Å². The third kappa shape index (κ3) is 6.66. The van der Waals surface area contributed by atoms with Crippen LogP contribution in [0.1, 0.15) is 34.1 Å². The fourth-order valence-corrected chi connectivity index (χ4v) is 5.95. The van der Waals surface area contributed by atoms with Gasteiger partial charge in [-0.05, 0) is 50.6 Å². The first-order chi connectivity index (χ1) is 19.8. The van der Waals surface area contributed by atoms with Crippen LogP contribution in [0.15, 0.2) is 41.3 Å². The number of hydroxylamine groups is 1. The van der Waals surface area contributed by atoms with Crippen molar-refractivity contribution in [1.82, 2.24) is 10.8 Å². The number of hydrogen-bond donors (Lipinski definition) is 3. The molecule has 0 radical (unpaired) electrons. The zero-order chi connectivity index (χ0) is 32.0. The number of fused-ring (bicyclic) bond motifs is 1. The Hall–Kier alpha value is -3.99. The predicted molar refractivity (Wildman–Crippen MR) is 144 cm³/mol. The lowest BCUT2D eigenvalue weighted by Gasteiger charge is -2.39. The van der Waals surface area contributed by atoms with Gasteiger partial charge in [0.1, 0.15) is 18.0 Å². The van der Waals surface area contributed by atoms with Crippen molar-refractivity contribution in [2.24, 2.45) is 5.41 Å². The maximum absolute atomic E-state index is 14.1. The van der Waals surface area contributed by atoms with Crippen molar-refractivity contribution < 1.29 is 54.6 Å². The Morgan fingerprint density at radius 3 is 2.44 bits per heavy atom. The van der Waals surface area contributed by atoms with Gasteiger partial charge in [0.05, 0.1) is 24.2 Å². The van der Waals surface area contributed by atoms with Gasteiger partial charge >= 0.3 is 18.4 Å². The summed E-state index contributed by atoms with van der Waals surface area (Å²) < 4.78 is 98.1. The molecule has 2 atom stereocenters. The first-order valence-electron chi connectivity index (χ1n) is 12.8. The van der Waals surface area contributed by atoms with Gasteiger partial charge in [-0.1, -0.05) is 13.8 Å². The quantitative estimate of drug-likeness (QED) is 0.353. The highest BCUT2D eigenvalue weighted by molar-refractivity contribution is 7.92. The molecule has 2 heterocycles. The van der Waals surface area contributed by atoms with Gasteiger partial charge in [0.15, 0.2) is 11.6 Å². The molecule has 2 aliphatic heterocycles. The van der Waals surface area contributed by atoms with Crippen LogP contribution in [-0.2, 0) is 19.6 Å². The van der Waals surface area contributed by atoms with Crippen molar-refractivity contribution in [3.05, 3.63) is 42.2 Å². The van der Waals surface area contributed by atoms with Crippen LogP contribution in [0.2, 0.25) is 0 Å². The molecule has 0 saturated carbocycles. The summed E-state index contributed by atoms with van der Waals surface area (Å²) in [6.45, 7) is 4.68. The van der Waals surface area contributed by atoms with Crippen molar-refractivity contribution in [3.63, 3.8) is 0 Å². The fraction of sp³-hybridized carbons (Fsp3) is 0.462. The number of carbonyl (C=O) groups excluding carboxylic acids is 2. The summed E-state index contributed by atoms with van der Waals surface area (Å²) in [6.07, 6.45) is -8.17. The highest BCUT2D eigenvalue weighted by Gasteiger charge is 2.51. The number of halogens is 4. The molecule has 3 N–H and O–H groups in total. The van der Waals surface area contributed by atoms with Gasteiger partial charge in [0.2, 0.25) is 5.60 Å². The summed E-state index contributed by atoms with van der Waals surface area (Å²) in [5.41, 5.74) is -1.09. The van der Waals surface area contributed by atoms with Gasteiger partial charge in [-0.25, -0.2) is 22.4 Å². The zero-order valence-electron chi connectivity index (χ0n) is 23.7. The summed E-state index contributed by atoms with van der Waals surface area (Å²) in [4.78, 5) is 28.3. The van der Waals surface area contributed by atoms with Gasteiger partial charge in [0, 0.05) is 17.2 Å². The maximum Gasteiger partial charge on any atom is 0.427 e. The number of rotatable bonds is 8. The number of benzene rings is 2. The molecule has 236 valence electrons. The van der Waals surface area contributed by atoms with E-state index >= 15 is 0 Å². The largest absolute Gasteiger partial charge is 0.494 e. The Kier molecular flexibility index (Phi) is 8.36. The van der Waals surface area contributed by atoms with Crippen LogP contribution in [0.3, 0.4) is 0 Å². The number of carbonyl (C=O) groups is 2. The SMILES string of the molecule is COc1cc(S(=O)(=O)N2C[C@H](CC(C)(C)C3NOC(=O)N3)Oc3ccc(NC(=O)OC(C)(C)C(F)(F)F)cc32)ccc1F. The molecule has 2 aromatic rings. The molecule has 0 aliphatic carbocycles. The van der Waals surface area contributed by atoms with Crippen molar-refractivity contribution in [2.45, 2.75) is 63.1 Å². The third-order valence-corrected chi connectivity index (χ3v) is 8.72. The number of nitrogens with zero attached hydrogens (tertiary/aromatic N) is 1. The maximum atomic E-state index is 14.1. The minimum absolute atomic E-state index is 0.0548. The number of alkyl halides is 3. The molecule has 1 saturated heterocycles. The number of amides is 2. The van der Waals surface area contributed by atoms with E-state index in [0.717, 1.165) is 22.5 Å². The average Bonchev–Trinajstić information content (AvgIpc) is 3.34. The first kappa shape index (κ1) is 31.9. The lowest BCUT2D eigenvalue weighted by Crippen LogP contribution is -2.50. The van der Waals surface area contributed by atoms with Crippen LogP contribution < -0.4 is 29.9 Å². The molecule has 2 amide bonds. The summed E-state index contributed by atoms with van der Waals surface area (Å²) >= 11 is 0. The van der Waals surface area contributed by atoms with Crippen molar-refractivity contribution in [3.8, 4) is 11.5 Å². The average molecular weight is 635 g/mol. The van der Waals surface area contributed by atoms with Crippen LogP contribution in [-0.4, -0.2) is 58.3 Å². The number of sulfonamides is 1. The van der Waals surface area contributed by atoms with E-state index in [2.05, 4.69) is 20.9 Å². The van der Waals surface area contributed by atoms with Crippen LogP contribution in [0, 0.1) is 11.2 Å². The van der Waals surface area contributed by atoms with Crippen LogP contribution >= 0.6 is 0 Å². The van der Waals surface area contributed by atoms with Crippen molar-refractivity contribution in [2.75, 3.05) is 23.3 Å². The van der Waals surface area contributed by atoms with E-state index in [1.807, 2.05) is 0 Å². The second kappa shape index (κ2) is 11.3. The number of ether oxygens (including phenoxy) is 3. The zero-order valence-corrected chi connectivity index (χ0v) is 24.5. The number of hydrogen-bond acceptors (Lipinski definition) is 9. The monoisotopic (exact) mass is 634 g/mol. The fourth-order valence-electron chi connectivity index (χ4n) is 4.43. The molecule has 2 aromatic carbocycles. The standard InChI is InChI=1S/C26H30F4N4O8S/c1-24(2,21-32-23(36)42-33-21)12-15-13-34(43(37,38)16-7-8-17(27)20(11-16)39-5)18-10-14(6-9-19(18)40-15)31-22(35)41-25(3,4)26(28,29)30/h6-11,15,21,33H,12-13H2,1-5H3,(H,31,35)(H,32,36)/t15-,21?/m0/s1. The van der Waals surface area contributed by atoms with E-state index < -0.39 is 57.5 Å². The normalized spacial score (nSPS) is 19.1. The van der Waals surface area contributed by atoms with E-state index in [4.69, 9.17) is 14.3 Å². The van der Waals surface area contributed by atoms with E-state index in [0.29, 0.717) is 13.8 Å². The lowest BCUT2D eigenvalue weighted by molar-refractivity contribution is -0.242. The van der Waals surface area contributed by atoms with Gasteiger partial charge in [0.25, 0.3) is 10.0 Å². The molecule has 0 spiro atoms. The Balaban J connectivity index is 1.69. The third-order valence-electron chi connectivity index (χ3n) is 6.95. The molecule has 43 heavy (non-hydrogen) atoms. The van der Waals surface area contributed by atoms with E-state index in [-0.39, 0.29) is 40.7 Å². The Bertz CT molecular complexity index is 1520. The molecule has 1 fully saturated rings. The van der Waals surface area contributed by atoms with Crippen LogP contribution in [0.25, 0.3) is 0 Å². The van der Waals surface area contributed by atoms with Gasteiger partial charge in [-0.2, -0.15) is 13.2 Å². The Labute approximate surface area is 244 Å². The Morgan fingerprint density at radius 2 is 1.84 bits per heavy atom. The second-order valence-electron chi connectivity index (χ2n) is 11.1. The van der Waals surface area contributed by atoms with Crippen molar-refractivity contribution >= 4 is 33.6 Å². The summed E-state index contributed by atoms with van der Waals surface area (Å²) in [5, 5.41) is 4.79. The second-order valence-corrected chi connectivity index (χ2v) is 12.9. The minimum Gasteiger partial charge on any atom is -0.494 e. The molecular formula is C26H30F4N4O8S. The molecule has 17 heteroatoms. The van der Waals surface area contributed by atoms with Crippen LogP contribution in [0.5, 0.6) is 11.5 Å². The number of nitrogens with one attached hydrogen (secondary N) is 3. The van der Waals surface area contributed by atoms with Crippen LogP contribution in [0.4, 0.5) is 38.5 Å². The van der Waals surface area contributed by atoms with Crippen molar-refractivity contribution in [1.29, 1.82) is 0 Å². The molecule has 1 unspecified atom stereocenters. The highest BCUT2D eigenvalue weighted by atomic mass is 32.2. The molecule has 12 nitrogen and oxygen atoms in total. The minimum atomic E-state index is -4.85.